The van der Waals surface area contributed by atoms with Crippen LogP contribution in [0.15, 0.2) is 51.7 Å². The number of hydrogen-bond donors (Lipinski definition) is 2. The van der Waals surface area contributed by atoms with E-state index in [0.29, 0.717) is 5.56 Å². The van der Waals surface area contributed by atoms with Crippen LogP contribution in [0.2, 0.25) is 0 Å². The van der Waals surface area contributed by atoms with Gasteiger partial charge in [-0.1, -0.05) is 0 Å². The zero-order valence-electron chi connectivity index (χ0n) is 34.8. The number of carbonyl (C=O) groups is 7. The van der Waals surface area contributed by atoms with Crippen LogP contribution in [0.5, 0.6) is 17.2 Å². The number of phenols is 2. The maximum atomic E-state index is 13.2. The Morgan fingerprint density at radius 3 is 1.54 bits per heavy atom. The van der Waals surface area contributed by atoms with Crippen LogP contribution < -0.4 is 10.2 Å². The van der Waals surface area contributed by atoms with E-state index in [2.05, 4.69) is 0 Å². The van der Waals surface area contributed by atoms with Gasteiger partial charge in [0.2, 0.25) is 12.4 Å². The molecule has 0 unspecified atom stereocenters. The molecule has 0 spiro atoms. The highest BCUT2D eigenvalue weighted by atomic mass is 16.8. The number of phenolic OH excluding ortho intramolecular Hbond substituents is 2. The van der Waals surface area contributed by atoms with E-state index < -0.39 is 128 Å². The van der Waals surface area contributed by atoms with E-state index in [1.807, 2.05) is 0 Å². The molecule has 340 valence electrons. The van der Waals surface area contributed by atoms with E-state index in [-0.39, 0.29) is 28.2 Å². The maximum absolute atomic E-state index is 13.2. The van der Waals surface area contributed by atoms with Gasteiger partial charge in [-0.25, -0.2) is 0 Å². The lowest BCUT2D eigenvalue weighted by Gasteiger charge is -2.48. The number of carbonyl (C=O) groups excluding carboxylic acids is 7. The zero-order valence-corrected chi connectivity index (χ0v) is 34.8. The molecule has 2 aromatic carbocycles. The summed E-state index contributed by atoms with van der Waals surface area (Å²) >= 11 is 0. The first kappa shape index (κ1) is 47.3. The fourth-order valence-corrected chi connectivity index (χ4v) is 6.78. The van der Waals surface area contributed by atoms with Crippen LogP contribution in [0.3, 0.4) is 0 Å². The normalized spacial score (nSPS) is 25.4. The summed E-state index contributed by atoms with van der Waals surface area (Å²) in [7, 11) is 0. The first-order valence-corrected chi connectivity index (χ1v) is 19.1. The second-order valence-electron chi connectivity index (χ2n) is 14.1. The number of aromatic hydroxyl groups is 2. The van der Waals surface area contributed by atoms with Gasteiger partial charge >= 0.3 is 41.8 Å². The summed E-state index contributed by atoms with van der Waals surface area (Å²) in [5.41, 5.74) is -0.435. The molecular formula is C41H44O22. The minimum atomic E-state index is -1.91. The van der Waals surface area contributed by atoms with E-state index in [0.717, 1.165) is 60.6 Å². The summed E-state index contributed by atoms with van der Waals surface area (Å²) in [6.45, 7) is 5.83. The molecule has 2 aliphatic heterocycles. The van der Waals surface area contributed by atoms with Gasteiger partial charge < -0.3 is 66.7 Å². The Hall–Kier alpha value is -6.78. The van der Waals surface area contributed by atoms with Crippen LogP contribution in [0.25, 0.3) is 22.3 Å². The van der Waals surface area contributed by atoms with Gasteiger partial charge in [0.1, 0.15) is 65.5 Å². The molecule has 5 rings (SSSR count). The van der Waals surface area contributed by atoms with E-state index in [9.17, 15) is 48.6 Å². The molecule has 2 N–H and O–H groups in total. The van der Waals surface area contributed by atoms with Gasteiger partial charge in [0.25, 0.3) is 0 Å². The van der Waals surface area contributed by atoms with Crippen molar-refractivity contribution in [2.75, 3.05) is 13.2 Å². The third-order valence-electron chi connectivity index (χ3n) is 9.07. The van der Waals surface area contributed by atoms with Gasteiger partial charge in [-0.2, -0.15) is 0 Å². The molecule has 0 aliphatic carbocycles. The van der Waals surface area contributed by atoms with E-state index >= 15 is 0 Å². The maximum Gasteiger partial charge on any atom is 0.303 e. The van der Waals surface area contributed by atoms with Crippen LogP contribution in [0, 0.1) is 0 Å². The van der Waals surface area contributed by atoms with E-state index in [4.69, 9.17) is 56.5 Å². The number of esters is 7. The molecule has 3 aromatic rings. The molecule has 0 bridgehead atoms. The Balaban J connectivity index is 1.61. The lowest BCUT2D eigenvalue weighted by atomic mass is 9.96. The van der Waals surface area contributed by atoms with Crippen LogP contribution in [-0.4, -0.2) is 127 Å². The molecule has 0 radical (unpaired) electrons. The smallest absolute Gasteiger partial charge is 0.303 e. The van der Waals surface area contributed by atoms with Gasteiger partial charge in [0, 0.05) is 72.2 Å². The zero-order chi connectivity index (χ0) is 46.3. The first-order chi connectivity index (χ1) is 29.7. The van der Waals surface area contributed by atoms with E-state index in [1.165, 1.54) is 30.3 Å². The van der Waals surface area contributed by atoms with Crippen molar-refractivity contribution in [1.82, 2.24) is 0 Å². The number of hydrogen-bond acceptors (Lipinski definition) is 22. The molecule has 2 saturated heterocycles. The van der Waals surface area contributed by atoms with Crippen molar-refractivity contribution < 1.29 is 100 Å². The van der Waals surface area contributed by atoms with Crippen molar-refractivity contribution in [3.63, 3.8) is 0 Å². The SMILES string of the molecule is CC(=O)OC[C@H]1O[C@@H](O[C@H]2[C@H](OC(C)=O)[C@@H](OC(C)=O)[C@H](Oc3cc(O)c4c(=O)cc(-c5ccc(O)cc5)oc4c3)O[C@@H]2COC(C)=O)[C@H](OC(C)=O)[C@@H](OC(C)=O)[C@H]1OC(C)=O. The average molecular weight is 889 g/mol. The minimum Gasteiger partial charge on any atom is -0.508 e. The van der Waals surface area contributed by atoms with Crippen molar-refractivity contribution in [1.29, 1.82) is 0 Å². The van der Waals surface area contributed by atoms with Gasteiger partial charge in [-0.05, 0) is 24.3 Å². The number of benzene rings is 2. The predicted molar refractivity (Wildman–Crippen MR) is 205 cm³/mol. The summed E-state index contributed by atoms with van der Waals surface area (Å²) in [5.74, 6) is -7.24. The standard InChI is InChI=1S/C41H44O22/c1-17(42)52-15-31-34(54-19(3)44)36(55-20(4)45)39(58-23(7)48)41(62-31)63-35-32(16-53-18(2)43)61-40(38(57-22(6)47)37(35)56-21(5)46)59-26-12-27(50)33-28(51)14-29(60-30(33)13-26)24-8-10-25(49)11-9-24/h8-14,31-32,34-41,49-50H,15-16H2,1-7H3/t31-,32-,34+,35-,36+,37+,38-,39-,40-,41+/m1/s1. The molecule has 3 heterocycles. The van der Waals surface area contributed by atoms with Crippen molar-refractivity contribution in [3.05, 3.63) is 52.7 Å². The van der Waals surface area contributed by atoms with Crippen LogP contribution in [-0.2, 0) is 80.9 Å². The summed E-state index contributed by atoms with van der Waals surface area (Å²) in [6.07, 6.45) is -17.2. The third-order valence-corrected chi connectivity index (χ3v) is 9.07. The van der Waals surface area contributed by atoms with Gasteiger partial charge in [-0.15, -0.1) is 0 Å². The van der Waals surface area contributed by atoms with Crippen molar-refractivity contribution in [2.24, 2.45) is 0 Å². The highest BCUT2D eigenvalue weighted by Gasteiger charge is 2.58. The molecule has 0 amide bonds. The second kappa shape index (κ2) is 20.4. The molecular weight excluding hydrogens is 844 g/mol. The topological polar surface area (TPSA) is 292 Å². The molecule has 2 fully saturated rings. The van der Waals surface area contributed by atoms with Gasteiger partial charge in [0.15, 0.2) is 36.1 Å². The first-order valence-electron chi connectivity index (χ1n) is 19.1. The summed E-state index contributed by atoms with van der Waals surface area (Å²) < 4.78 is 68.8. The molecule has 63 heavy (non-hydrogen) atoms. The largest absolute Gasteiger partial charge is 0.508 e. The lowest BCUT2D eigenvalue weighted by Crippen LogP contribution is -2.67. The summed E-state index contributed by atoms with van der Waals surface area (Å²) in [5, 5.41) is 20.5. The Kier molecular flexibility index (Phi) is 15.3. The lowest BCUT2D eigenvalue weighted by molar-refractivity contribution is -0.354. The van der Waals surface area contributed by atoms with Crippen LogP contribution in [0.1, 0.15) is 48.5 Å². The number of ether oxygens (including phenoxy) is 11. The Labute approximate surface area is 357 Å². The van der Waals surface area contributed by atoms with Gasteiger partial charge in [0.05, 0.1) is 0 Å². The average Bonchev–Trinajstić information content (AvgIpc) is 3.16. The predicted octanol–water partition coefficient (Wildman–Crippen LogP) is 1.87. The Morgan fingerprint density at radius 1 is 0.556 bits per heavy atom. The molecule has 2 aliphatic rings. The van der Waals surface area contributed by atoms with Crippen molar-refractivity contribution >= 4 is 52.8 Å². The van der Waals surface area contributed by atoms with Crippen molar-refractivity contribution in [3.8, 4) is 28.6 Å². The Bertz CT molecular complexity index is 2270. The molecule has 10 atom stereocenters. The van der Waals surface area contributed by atoms with Crippen LogP contribution in [0.4, 0.5) is 0 Å². The number of rotatable bonds is 14. The molecule has 22 nitrogen and oxygen atoms in total. The minimum absolute atomic E-state index is 0.0465. The van der Waals surface area contributed by atoms with Gasteiger partial charge in [-0.3, -0.25) is 38.4 Å². The highest BCUT2D eigenvalue weighted by molar-refractivity contribution is 5.86. The highest BCUT2D eigenvalue weighted by Crippen LogP contribution is 2.38. The molecule has 22 heteroatoms. The van der Waals surface area contributed by atoms with E-state index in [1.54, 1.807) is 0 Å². The monoisotopic (exact) mass is 888 g/mol. The fourth-order valence-electron chi connectivity index (χ4n) is 6.78. The molecule has 0 saturated carbocycles. The quantitative estimate of drug-likeness (QED) is 0.172. The van der Waals surface area contributed by atoms with Crippen molar-refractivity contribution in [2.45, 2.75) is 110 Å². The molecule has 1 aromatic heterocycles. The third kappa shape index (κ3) is 12.2. The summed E-state index contributed by atoms with van der Waals surface area (Å²) in [4.78, 5) is 100. The van der Waals surface area contributed by atoms with Crippen LogP contribution >= 0.6 is 0 Å². The number of fused-ring (bicyclic) bond motifs is 1. The fraction of sp³-hybridized carbons (Fsp3) is 0.463. The summed E-state index contributed by atoms with van der Waals surface area (Å²) in [6, 6.07) is 9.06. The Morgan fingerprint density at radius 2 is 1.02 bits per heavy atom. The second-order valence-corrected chi connectivity index (χ2v) is 14.1.